The largest absolute Gasteiger partial charge is 0.378 e. The lowest BCUT2D eigenvalue weighted by Gasteiger charge is -2.48. The van der Waals surface area contributed by atoms with Gasteiger partial charge in [0.1, 0.15) is 0 Å². The zero-order valence-corrected chi connectivity index (χ0v) is 14.1. The third-order valence-corrected chi connectivity index (χ3v) is 5.53. The van der Waals surface area contributed by atoms with Gasteiger partial charge in [0.25, 0.3) is 0 Å². The molecular weight excluding hydrogens is 248 g/mol. The summed E-state index contributed by atoms with van der Waals surface area (Å²) in [7, 11) is 0. The molecule has 0 radical (unpaired) electrons. The van der Waals surface area contributed by atoms with Crippen molar-refractivity contribution in [2.24, 2.45) is 11.8 Å². The maximum Gasteiger partial charge on any atom is 0.0613 e. The number of ether oxygens (including phenoxy) is 1. The number of piperazine rings is 1. The maximum absolute atomic E-state index is 5.89. The molecule has 4 atom stereocenters. The van der Waals surface area contributed by atoms with E-state index in [0.717, 1.165) is 25.5 Å². The first-order valence-corrected chi connectivity index (χ1v) is 8.59. The molecule has 0 aromatic carbocycles. The molecule has 2 rings (SSSR count). The van der Waals surface area contributed by atoms with Gasteiger partial charge in [0, 0.05) is 37.8 Å². The molecule has 0 amide bonds. The fourth-order valence-electron chi connectivity index (χ4n) is 3.85. The van der Waals surface area contributed by atoms with E-state index in [1.54, 1.807) is 0 Å². The summed E-state index contributed by atoms with van der Waals surface area (Å²) in [4.78, 5) is 2.76. The topological polar surface area (TPSA) is 24.5 Å². The summed E-state index contributed by atoms with van der Waals surface area (Å²) >= 11 is 0. The van der Waals surface area contributed by atoms with E-state index in [1.165, 1.54) is 25.9 Å². The van der Waals surface area contributed by atoms with Crippen molar-refractivity contribution in [3.63, 3.8) is 0 Å². The molecule has 2 saturated heterocycles. The molecule has 3 heteroatoms. The second-order valence-electron chi connectivity index (χ2n) is 7.40. The number of rotatable bonds is 5. The van der Waals surface area contributed by atoms with Gasteiger partial charge in [-0.2, -0.15) is 0 Å². The standard InChI is InChI=1S/C17H34N2O/c1-6-16-14(8-9-20-16)11-19-12-17(5,7-2)18-10-15(19)13(3)4/h13-16,18H,6-12H2,1-5H3. The highest BCUT2D eigenvalue weighted by Crippen LogP contribution is 2.29. The molecule has 0 aromatic heterocycles. The first kappa shape index (κ1) is 16.3. The Bertz CT molecular complexity index is 307. The zero-order valence-electron chi connectivity index (χ0n) is 14.1. The Labute approximate surface area is 125 Å². The van der Waals surface area contributed by atoms with Crippen LogP contribution in [-0.2, 0) is 4.74 Å². The van der Waals surface area contributed by atoms with Gasteiger partial charge in [-0.05, 0) is 38.0 Å². The smallest absolute Gasteiger partial charge is 0.0613 e. The van der Waals surface area contributed by atoms with Crippen LogP contribution < -0.4 is 5.32 Å². The quantitative estimate of drug-likeness (QED) is 0.839. The molecule has 0 aliphatic carbocycles. The van der Waals surface area contributed by atoms with E-state index in [4.69, 9.17) is 4.74 Å². The van der Waals surface area contributed by atoms with E-state index < -0.39 is 0 Å². The maximum atomic E-state index is 5.89. The Morgan fingerprint density at radius 1 is 1.35 bits per heavy atom. The lowest BCUT2D eigenvalue weighted by Crippen LogP contribution is -2.64. The monoisotopic (exact) mass is 282 g/mol. The highest BCUT2D eigenvalue weighted by molar-refractivity contribution is 4.96. The fraction of sp³-hybridized carbons (Fsp3) is 1.00. The lowest BCUT2D eigenvalue weighted by molar-refractivity contribution is 0.0258. The SMILES string of the molecule is CCC1OCCC1CN1CC(C)(CC)NCC1C(C)C. The molecule has 118 valence electrons. The molecule has 3 nitrogen and oxygen atoms in total. The van der Waals surface area contributed by atoms with Crippen LogP contribution in [0.1, 0.15) is 53.9 Å². The van der Waals surface area contributed by atoms with Gasteiger partial charge < -0.3 is 10.1 Å². The average Bonchev–Trinajstić information content (AvgIpc) is 2.86. The molecule has 0 aromatic rings. The second kappa shape index (κ2) is 6.76. The predicted octanol–water partition coefficient (Wildman–Crippen LogP) is 2.90. The summed E-state index contributed by atoms with van der Waals surface area (Å²) in [6.45, 7) is 16.1. The predicted molar refractivity (Wildman–Crippen MR) is 85.0 cm³/mol. The molecule has 4 unspecified atom stereocenters. The number of nitrogens with zero attached hydrogens (tertiary/aromatic N) is 1. The van der Waals surface area contributed by atoms with E-state index in [1.807, 2.05) is 0 Å². The van der Waals surface area contributed by atoms with Gasteiger partial charge in [-0.1, -0.05) is 27.7 Å². The first-order valence-electron chi connectivity index (χ1n) is 8.59. The Morgan fingerprint density at radius 3 is 2.70 bits per heavy atom. The highest BCUT2D eigenvalue weighted by Gasteiger charge is 2.38. The third kappa shape index (κ3) is 3.55. The average molecular weight is 282 g/mol. The molecule has 20 heavy (non-hydrogen) atoms. The Kier molecular flexibility index (Phi) is 5.49. The van der Waals surface area contributed by atoms with Gasteiger partial charge >= 0.3 is 0 Å². The van der Waals surface area contributed by atoms with Gasteiger partial charge in [-0.3, -0.25) is 4.90 Å². The summed E-state index contributed by atoms with van der Waals surface area (Å²) < 4.78 is 5.89. The highest BCUT2D eigenvalue weighted by atomic mass is 16.5. The van der Waals surface area contributed by atoms with Gasteiger partial charge in [-0.25, -0.2) is 0 Å². The normalized spacial score (nSPS) is 39.6. The van der Waals surface area contributed by atoms with Crippen molar-refractivity contribution in [3.05, 3.63) is 0 Å². The molecule has 0 bridgehead atoms. The van der Waals surface area contributed by atoms with Crippen LogP contribution in [0.15, 0.2) is 0 Å². The van der Waals surface area contributed by atoms with Gasteiger partial charge in [0.05, 0.1) is 6.10 Å². The summed E-state index contributed by atoms with van der Waals surface area (Å²) in [6, 6.07) is 0.674. The number of hydrogen-bond donors (Lipinski definition) is 1. The Balaban J connectivity index is 2.03. The molecule has 0 saturated carbocycles. The summed E-state index contributed by atoms with van der Waals surface area (Å²) in [5.41, 5.74) is 0.284. The van der Waals surface area contributed by atoms with Gasteiger partial charge in [-0.15, -0.1) is 0 Å². The van der Waals surface area contributed by atoms with Gasteiger partial charge in [0.15, 0.2) is 0 Å². The minimum atomic E-state index is 0.284. The minimum absolute atomic E-state index is 0.284. The van der Waals surface area contributed by atoms with Gasteiger partial charge in [0.2, 0.25) is 0 Å². The van der Waals surface area contributed by atoms with Crippen molar-refractivity contribution in [2.75, 3.05) is 26.2 Å². The fourth-order valence-corrected chi connectivity index (χ4v) is 3.85. The van der Waals surface area contributed by atoms with E-state index >= 15 is 0 Å². The van der Waals surface area contributed by atoms with E-state index in [2.05, 4.69) is 44.8 Å². The van der Waals surface area contributed by atoms with Crippen molar-refractivity contribution < 1.29 is 4.74 Å². The zero-order chi connectivity index (χ0) is 14.8. The summed E-state index contributed by atoms with van der Waals surface area (Å²) in [5, 5.41) is 3.78. The van der Waals surface area contributed by atoms with Crippen molar-refractivity contribution >= 4 is 0 Å². The lowest BCUT2D eigenvalue weighted by atomic mass is 9.88. The molecule has 1 N–H and O–H groups in total. The van der Waals surface area contributed by atoms with Crippen molar-refractivity contribution in [1.82, 2.24) is 10.2 Å². The summed E-state index contributed by atoms with van der Waals surface area (Å²) in [5.74, 6) is 1.45. The summed E-state index contributed by atoms with van der Waals surface area (Å²) in [6.07, 6.45) is 4.10. The third-order valence-electron chi connectivity index (χ3n) is 5.53. The van der Waals surface area contributed by atoms with Crippen molar-refractivity contribution in [2.45, 2.75) is 71.6 Å². The number of nitrogens with one attached hydrogen (secondary N) is 1. The molecule has 2 aliphatic rings. The molecule has 2 heterocycles. The van der Waals surface area contributed by atoms with Crippen LogP contribution >= 0.6 is 0 Å². The molecule has 2 aliphatic heterocycles. The minimum Gasteiger partial charge on any atom is -0.378 e. The first-order chi connectivity index (χ1) is 9.49. The Hall–Kier alpha value is -0.120. The van der Waals surface area contributed by atoms with Crippen LogP contribution in [0.5, 0.6) is 0 Å². The molecule has 2 fully saturated rings. The number of hydrogen-bond acceptors (Lipinski definition) is 3. The van der Waals surface area contributed by atoms with Crippen molar-refractivity contribution in [1.29, 1.82) is 0 Å². The van der Waals surface area contributed by atoms with Crippen LogP contribution in [0, 0.1) is 11.8 Å². The molecule has 0 spiro atoms. The second-order valence-corrected chi connectivity index (χ2v) is 7.40. The van der Waals surface area contributed by atoms with E-state index in [0.29, 0.717) is 18.1 Å². The van der Waals surface area contributed by atoms with E-state index in [9.17, 15) is 0 Å². The van der Waals surface area contributed by atoms with Crippen molar-refractivity contribution in [3.8, 4) is 0 Å². The van der Waals surface area contributed by atoms with Crippen LogP contribution in [0.3, 0.4) is 0 Å². The molecular formula is C17H34N2O. The Morgan fingerprint density at radius 2 is 2.10 bits per heavy atom. The van der Waals surface area contributed by atoms with Crippen LogP contribution in [0.25, 0.3) is 0 Å². The van der Waals surface area contributed by atoms with E-state index in [-0.39, 0.29) is 5.54 Å². The van der Waals surface area contributed by atoms with Crippen LogP contribution in [0.2, 0.25) is 0 Å². The van der Waals surface area contributed by atoms with Crippen LogP contribution in [-0.4, -0.2) is 48.8 Å². The van der Waals surface area contributed by atoms with Crippen LogP contribution in [0.4, 0.5) is 0 Å².